The lowest BCUT2D eigenvalue weighted by Gasteiger charge is -2.09. The van der Waals surface area contributed by atoms with Gasteiger partial charge in [-0.1, -0.05) is 11.6 Å². The number of carbonyl (C=O) groups is 1. The molecule has 6 heteroatoms. The van der Waals surface area contributed by atoms with Crippen molar-refractivity contribution in [3.63, 3.8) is 0 Å². The predicted octanol–water partition coefficient (Wildman–Crippen LogP) is 3.77. The number of pyridine rings is 1. The third kappa shape index (κ3) is 3.68. The Labute approximate surface area is 123 Å². The van der Waals surface area contributed by atoms with E-state index < -0.39 is 5.97 Å². The van der Waals surface area contributed by atoms with Gasteiger partial charge in [-0.2, -0.15) is 0 Å². The molecule has 0 saturated carbocycles. The molecule has 0 aliphatic heterocycles. The molecule has 0 amide bonds. The smallest absolute Gasteiger partial charge is 0.339 e. The first-order valence-corrected chi connectivity index (χ1v) is 6.49. The predicted molar refractivity (Wildman–Crippen MR) is 74.7 cm³/mol. The second-order valence-electron chi connectivity index (χ2n) is 3.70. The van der Waals surface area contributed by atoms with Gasteiger partial charge in [0.25, 0.3) is 0 Å². The average Bonchev–Trinajstić information content (AvgIpc) is 2.39. The number of halogens is 2. The molecule has 1 heterocycles. The van der Waals surface area contributed by atoms with Gasteiger partial charge in [-0.3, -0.25) is 4.98 Å². The van der Waals surface area contributed by atoms with Gasteiger partial charge in [0.2, 0.25) is 0 Å². The first-order chi connectivity index (χ1) is 9.06. The highest BCUT2D eigenvalue weighted by molar-refractivity contribution is 9.10. The molecule has 0 spiro atoms. The molecule has 2 aromatic rings. The van der Waals surface area contributed by atoms with E-state index in [4.69, 9.17) is 21.4 Å². The van der Waals surface area contributed by atoms with E-state index in [1.54, 1.807) is 18.3 Å². The number of aromatic nitrogens is 1. The number of aromatic carboxylic acids is 1. The second-order valence-corrected chi connectivity index (χ2v) is 5.05. The van der Waals surface area contributed by atoms with Crippen LogP contribution in [0, 0.1) is 0 Å². The number of hydrogen-bond donors (Lipinski definition) is 1. The SMILES string of the molecule is O=C(O)c1cc(Cl)ccc1OCc1ccc(Br)cn1. The van der Waals surface area contributed by atoms with E-state index in [0.29, 0.717) is 10.7 Å². The highest BCUT2D eigenvalue weighted by Crippen LogP contribution is 2.23. The summed E-state index contributed by atoms with van der Waals surface area (Å²) in [6, 6.07) is 8.10. The quantitative estimate of drug-likeness (QED) is 0.918. The summed E-state index contributed by atoms with van der Waals surface area (Å²) in [5.74, 6) is -0.817. The fraction of sp³-hybridized carbons (Fsp3) is 0.0769. The van der Waals surface area contributed by atoms with Gasteiger partial charge in [0, 0.05) is 15.7 Å². The van der Waals surface area contributed by atoms with Gasteiger partial charge in [-0.25, -0.2) is 4.79 Å². The van der Waals surface area contributed by atoms with Crippen molar-refractivity contribution in [3.8, 4) is 5.75 Å². The molecule has 0 radical (unpaired) electrons. The molecule has 98 valence electrons. The Bertz CT molecular complexity index is 601. The number of rotatable bonds is 4. The minimum absolute atomic E-state index is 0.0320. The van der Waals surface area contributed by atoms with Crippen LogP contribution in [0.5, 0.6) is 5.75 Å². The van der Waals surface area contributed by atoms with Crippen LogP contribution < -0.4 is 4.74 Å². The van der Waals surface area contributed by atoms with Gasteiger partial charge in [0.1, 0.15) is 17.9 Å². The second kappa shape index (κ2) is 6.04. The molecule has 0 bridgehead atoms. The van der Waals surface area contributed by atoms with Crippen molar-refractivity contribution in [2.75, 3.05) is 0 Å². The van der Waals surface area contributed by atoms with Crippen LogP contribution in [0.1, 0.15) is 16.1 Å². The molecule has 2 rings (SSSR count). The van der Waals surface area contributed by atoms with E-state index in [9.17, 15) is 4.79 Å². The van der Waals surface area contributed by atoms with Crippen LogP contribution in [0.25, 0.3) is 0 Å². The Hall–Kier alpha value is -1.59. The van der Waals surface area contributed by atoms with Crippen molar-refractivity contribution in [1.82, 2.24) is 4.98 Å². The fourth-order valence-electron chi connectivity index (χ4n) is 1.44. The van der Waals surface area contributed by atoms with Crippen LogP contribution in [-0.4, -0.2) is 16.1 Å². The lowest BCUT2D eigenvalue weighted by Crippen LogP contribution is -2.04. The average molecular weight is 343 g/mol. The van der Waals surface area contributed by atoms with Crippen LogP contribution in [0.3, 0.4) is 0 Å². The van der Waals surface area contributed by atoms with E-state index in [0.717, 1.165) is 4.47 Å². The normalized spacial score (nSPS) is 10.2. The number of carboxylic acid groups (broad SMARTS) is 1. The van der Waals surface area contributed by atoms with Crippen LogP contribution in [-0.2, 0) is 6.61 Å². The van der Waals surface area contributed by atoms with E-state index in [1.807, 2.05) is 6.07 Å². The van der Waals surface area contributed by atoms with Crippen molar-refractivity contribution >= 4 is 33.5 Å². The largest absolute Gasteiger partial charge is 0.486 e. The van der Waals surface area contributed by atoms with Crippen molar-refractivity contribution in [2.24, 2.45) is 0 Å². The Morgan fingerprint density at radius 1 is 1.37 bits per heavy atom. The Balaban J connectivity index is 2.15. The molecular weight excluding hydrogens is 334 g/mol. The Morgan fingerprint density at radius 2 is 2.16 bits per heavy atom. The molecule has 1 aromatic carbocycles. The number of ether oxygens (including phenoxy) is 1. The van der Waals surface area contributed by atoms with E-state index in [-0.39, 0.29) is 17.9 Å². The molecular formula is C13H9BrClNO3. The molecule has 0 unspecified atom stereocenters. The third-order valence-electron chi connectivity index (χ3n) is 2.34. The summed E-state index contributed by atoms with van der Waals surface area (Å²) in [5.41, 5.74) is 0.735. The third-order valence-corrected chi connectivity index (χ3v) is 3.04. The summed E-state index contributed by atoms with van der Waals surface area (Å²) < 4.78 is 6.33. The molecule has 0 fully saturated rings. The summed E-state index contributed by atoms with van der Waals surface area (Å²) in [7, 11) is 0. The maximum Gasteiger partial charge on any atom is 0.339 e. The molecule has 0 aliphatic rings. The van der Waals surface area contributed by atoms with Gasteiger partial charge in [-0.15, -0.1) is 0 Å². The van der Waals surface area contributed by atoms with Gasteiger partial charge in [0.15, 0.2) is 0 Å². The van der Waals surface area contributed by atoms with Gasteiger partial charge >= 0.3 is 5.97 Å². The molecule has 0 aliphatic carbocycles. The molecule has 0 saturated heterocycles. The highest BCUT2D eigenvalue weighted by atomic mass is 79.9. The topological polar surface area (TPSA) is 59.4 Å². The molecule has 19 heavy (non-hydrogen) atoms. The lowest BCUT2D eigenvalue weighted by molar-refractivity contribution is 0.0691. The zero-order valence-electron chi connectivity index (χ0n) is 9.64. The van der Waals surface area contributed by atoms with Crippen LogP contribution in [0.4, 0.5) is 0 Å². The van der Waals surface area contributed by atoms with Crippen molar-refractivity contribution in [3.05, 3.63) is 57.3 Å². The molecule has 1 aromatic heterocycles. The van der Waals surface area contributed by atoms with Crippen molar-refractivity contribution < 1.29 is 14.6 Å². The first-order valence-electron chi connectivity index (χ1n) is 5.32. The van der Waals surface area contributed by atoms with E-state index in [1.165, 1.54) is 12.1 Å². The number of hydrogen-bond acceptors (Lipinski definition) is 3. The summed E-state index contributed by atoms with van der Waals surface area (Å²) in [4.78, 5) is 15.2. The summed E-state index contributed by atoms with van der Waals surface area (Å²) in [6.45, 7) is 0.190. The maximum atomic E-state index is 11.1. The Kier molecular flexibility index (Phi) is 4.39. The zero-order valence-corrected chi connectivity index (χ0v) is 12.0. The zero-order chi connectivity index (χ0) is 13.8. The maximum absolute atomic E-state index is 11.1. The van der Waals surface area contributed by atoms with Crippen LogP contribution >= 0.6 is 27.5 Å². The number of benzene rings is 1. The summed E-state index contributed by atoms with van der Waals surface area (Å²) >= 11 is 9.04. The lowest BCUT2D eigenvalue weighted by atomic mass is 10.2. The van der Waals surface area contributed by atoms with Crippen LogP contribution in [0.2, 0.25) is 5.02 Å². The molecule has 1 N–H and O–H groups in total. The van der Waals surface area contributed by atoms with Gasteiger partial charge in [0.05, 0.1) is 5.69 Å². The number of nitrogens with zero attached hydrogens (tertiary/aromatic N) is 1. The Morgan fingerprint density at radius 3 is 2.79 bits per heavy atom. The first kappa shape index (κ1) is 13.8. The van der Waals surface area contributed by atoms with Gasteiger partial charge < -0.3 is 9.84 Å². The van der Waals surface area contributed by atoms with E-state index >= 15 is 0 Å². The fourth-order valence-corrected chi connectivity index (χ4v) is 1.85. The van der Waals surface area contributed by atoms with Crippen LogP contribution in [0.15, 0.2) is 41.0 Å². The summed E-state index contributed by atoms with van der Waals surface area (Å²) in [6.07, 6.45) is 1.65. The monoisotopic (exact) mass is 341 g/mol. The highest BCUT2D eigenvalue weighted by Gasteiger charge is 2.12. The molecule has 4 nitrogen and oxygen atoms in total. The minimum atomic E-state index is -1.08. The summed E-state index contributed by atoms with van der Waals surface area (Å²) in [5, 5.41) is 9.42. The van der Waals surface area contributed by atoms with Crippen molar-refractivity contribution in [2.45, 2.75) is 6.61 Å². The number of carboxylic acids is 1. The van der Waals surface area contributed by atoms with Gasteiger partial charge in [-0.05, 0) is 46.3 Å². The van der Waals surface area contributed by atoms with E-state index in [2.05, 4.69) is 20.9 Å². The van der Waals surface area contributed by atoms with Crippen molar-refractivity contribution in [1.29, 1.82) is 0 Å². The minimum Gasteiger partial charge on any atom is -0.486 e. The molecule has 0 atom stereocenters. The standard InChI is InChI=1S/C13H9BrClNO3/c14-8-1-3-10(16-6-8)7-19-12-4-2-9(15)5-11(12)13(17)18/h1-6H,7H2,(H,17,18).